The van der Waals surface area contributed by atoms with Crippen LogP contribution in [0.5, 0.6) is 0 Å². The minimum atomic E-state index is -0.750. The summed E-state index contributed by atoms with van der Waals surface area (Å²) in [6, 6.07) is 8.96. The van der Waals surface area contributed by atoms with Crippen molar-refractivity contribution in [3.8, 4) is 0 Å². The molecule has 0 bridgehead atoms. The molecule has 4 atom stereocenters. The molecule has 148 valence electrons. The van der Waals surface area contributed by atoms with Crippen molar-refractivity contribution in [1.29, 1.82) is 0 Å². The normalized spacial score (nSPS) is 16.8. The lowest BCUT2D eigenvalue weighted by atomic mass is 9.89. The van der Waals surface area contributed by atoms with Crippen LogP contribution in [0.4, 0.5) is 0 Å². The van der Waals surface area contributed by atoms with Gasteiger partial charge in [0.2, 0.25) is 0 Å². The van der Waals surface area contributed by atoms with Gasteiger partial charge in [0.15, 0.2) is 0 Å². The zero-order valence-electron chi connectivity index (χ0n) is 17.0. The largest absolute Gasteiger partial charge is 0.459 e. The molecule has 1 unspecified atom stereocenters. The monoisotopic (exact) mass is 364 g/mol. The summed E-state index contributed by atoms with van der Waals surface area (Å²) < 4.78 is 5.55. The van der Waals surface area contributed by atoms with E-state index in [9.17, 15) is 9.90 Å². The SMILES string of the molecule is CC(C)C(C)[C@H](NC[C@@H](O)[C@H](N)Cc1ccccc1)C(=O)OC(C)(C)C. The van der Waals surface area contributed by atoms with Gasteiger partial charge in [-0.25, -0.2) is 0 Å². The Morgan fingerprint density at radius 1 is 1.19 bits per heavy atom. The predicted octanol–water partition coefficient (Wildman–Crippen LogP) is 2.51. The highest BCUT2D eigenvalue weighted by Crippen LogP contribution is 2.19. The quantitative estimate of drug-likeness (QED) is 0.586. The van der Waals surface area contributed by atoms with Crippen molar-refractivity contribution in [3.05, 3.63) is 35.9 Å². The van der Waals surface area contributed by atoms with Crippen LogP contribution < -0.4 is 11.1 Å². The van der Waals surface area contributed by atoms with Crippen LogP contribution in [-0.4, -0.2) is 41.4 Å². The van der Waals surface area contributed by atoms with Gasteiger partial charge in [0.05, 0.1) is 6.10 Å². The first-order valence-corrected chi connectivity index (χ1v) is 9.45. The zero-order valence-corrected chi connectivity index (χ0v) is 17.0. The number of carbonyl (C=O) groups is 1. The van der Waals surface area contributed by atoms with E-state index < -0.39 is 23.8 Å². The Labute approximate surface area is 158 Å². The number of hydrogen-bond donors (Lipinski definition) is 3. The number of ether oxygens (including phenoxy) is 1. The summed E-state index contributed by atoms with van der Waals surface area (Å²) in [5.41, 5.74) is 6.68. The Hall–Kier alpha value is -1.43. The first kappa shape index (κ1) is 22.6. The lowest BCUT2D eigenvalue weighted by molar-refractivity contribution is -0.159. The molecule has 0 aromatic heterocycles. The van der Waals surface area contributed by atoms with Crippen molar-refractivity contribution in [2.24, 2.45) is 17.6 Å². The maximum absolute atomic E-state index is 12.6. The number of nitrogens with two attached hydrogens (primary N) is 1. The summed E-state index contributed by atoms with van der Waals surface area (Å²) in [5.74, 6) is 0.0834. The summed E-state index contributed by atoms with van der Waals surface area (Å²) in [7, 11) is 0. The first-order chi connectivity index (χ1) is 12.0. The summed E-state index contributed by atoms with van der Waals surface area (Å²) in [4.78, 5) is 12.6. The lowest BCUT2D eigenvalue weighted by Crippen LogP contribution is -2.52. The standard InChI is InChI=1S/C21H36N2O3/c1-14(2)15(3)19(20(25)26-21(4,5)6)23-13-18(24)17(22)12-16-10-8-7-9-11-16/h7-11,14-15,17-19,23-24H,12-13,22H2,1-6H3/t15?,17-,18-,19+/m1/s1. The van der Waals surface area contributed by atoms with Crippen molar-refractivity contribution in [2.45, 2.75) is 71.8 Å². The molecular formula is C21H36N2O3. The Morgan fingerprint density at radius 2 is 1.77 bits per heavy atom. The van der Waals surface area contributed by atoms with E-state index in [1.807, 2.05) is 58.0 Å². The molecule has 0 fully saturated rings. The van der Waals surface area contributed by atoms with E-state index in [2.05, 4.69) is 19.2 Å². The number of rotatable bonds is 9. The second-order valence-corrected chi connectivity index (χ2v) is 8.44. The molecule has 0 radical (unpaired) electrons. The van der Waals surface area contributed by atoms with Gasteiger partial charge < -0.3 is 20.9 Å². The lowest BCUT2D eigenvalue weighted by Gasteiger charge is -2.31. The van der Waals surface area contributed by atoms with E-state index in [1.165, 1.54) is 0 Å². The third-order valence-corrected chi connectivity index (χ3v) is 4.59. The predicted molar refractivity (Wildman–Crippen MR) is 106 cm³/mol. The minimum Gasteiger partial charge on any atom is -0.459 e. The van der Waals surface area contributed by atoms with Gasteiger partial charge in [0.25, 0.3) is 0 Å². The summed E-state index contributed by atoms with van der Waals surface area (Å²) in [6.07, 6.45) is -0.167. The Kier molecular flexibility index (Phi) is 8.74. The van der Waals surface area contributed by atoms with Gasteiger partial charge >= 0.3 is 5.97 Å². The minimum absolute atomic E-state index is 0.0717. The second kappa shape index (κ2) is 10.0. The van der Waals surface area contributed by atoms with E-state index in [4.69, 9.17) is 10.5 Å². The van der Waals surface area contributed by atoms with Crippen molar-refractivity contribution >= 4 is 5.97 Å². The number of nitrogens with one attached hydrogen (secondary N) is 1. The van der Waals surface area contributed by atoms with Crippen molar-refractivity contribution in [3.63, 3.8) is 0 Å². The van der Waals surface area contributed by atoms with Gasteiger partial charge in [-0.1, -0.05) is 51.1 Å². The molecule has 5 heteroatoms. The molecule has 1 aromatic rings. The fraction of sp³-hybridized carbons (Fsp3) is 0.667. The van der Waals surface area contributed by atoms with E-state index in [-0.39, 0.29) is 18.4 Å². The maximum atomic E-state index is 12.6. The fourth-order valence-electron chi connectivity index (χ4n) is 2.66. The van der Waals surface area contributed by atoms with E-state index >= 15 is 0 Å². The van der Waals surface area contributed by atoms with Crippen LogP contribution >= 0.6 is 0 Å². The van der Waals surface area contributed by atoms with E-state index in [0.717, 1.165) is 5.56 Å². The number of benzene rings is 1. The highest BCUT2D eigenvalue weighted by molar-refractivity contribution is 5.76. The molecule has 0 aliphatic rings. The van der Waals surface area contributed by atoms with Gasteiger partial charge in [-0.15, -0.1) is 0 Å². The van der Waals surface area contributed by atoms with Crippen LogP contribution in [0.1, 0.15) is 47.1 Å². The molecule has 1 rings (SSSR count). The van der Waals surface area contributed by atoms with Crippen LogP contribution in [0.25, 0.3) is 0 Å². The van der Waals surface area contributed by atoms with Gasteiger partial charge in [-0.3, -0.25) is 4.79 Å². The van der Waals surface area contributed by atoms with E-state index in [0.29, 0.717) is 12.3 Å². The molecule has 4 N–H and O–H groups in total. The first-order valence-electron chi connectivity index (χ1n) is 9.45. The van der Waals surface area contributed by atoms with Gasteiger partial charge in [0, 0.05) is 12.6 Å². The number of esters is 1. The molecule has 0 amide bonds. The summed E-state index contributed by atoms with van der Waals surface area (Å²) >= 11 is 0. The highest BCUT2D eigenvalue weighted by Gasteiger charge is 2.32. The van der Waals surface area contributed by atoms with Crippen molar-refractivity contribution in [1.82, 2.24) is 5.32 Å². The fourth-order valence-corrected chi connectivity index (χ4v) is 2.66. The number of hydrogen-bond acceptors (Lipinski definition) is 5. The average molecular weight is 365 g/mol. The van der Waals surface area contributed by atoms with Crippen molar-refractivity contribution < 1.29 is 14.6 Å². The summed E-state index contributed by atoms with van der Waals surface area (Å²) in [6.45, 7) is 12.0. The molecule has 26 heavy (non-hydrogen) atoms. The molecule has 5 nitrogen and oxygen atoms in total. The molecule has 0 aliphatic heterocycles. The smallest absolute Gasteiger partial charge is 0.323 e. The number of aliphatic hydroxyl groups excluding tert-OH is 1. The molecular weight excluding hydrogens is 328 g/mol. The second-order valence-electron chi connectivity index (χ2n) is 8.44. The molecule has 0 heterocycles. The highest BCUT2D eigenvalue weighted by atomic mass is 16.6. The van der Waals surface area contributed by atoms with Crippen molar-refractivity contribution in [2.75, 3.05) is 6.54 Å². The third-order valence-electron chi connectivity index (χ3n) is 4.59. The van der Waals surface area contributed by atoms with Crippen LogP contribution in [0.15, 0.2) is 30.3 Å². The number of aliphatic hydroxyl groups is 1. The van der Waals surface area contributed by atoms with Crippen LogP contribution in [0.2, 0.25) is 0 Å². The Morgan fingerprint density at radius 3 is 2.27 bits per heavy atom. The Bertz CT molecular complexity index is 540. The summed E-state index contributed by atoms with van der Waals surface area (Å²) in [5, 5.41) is 13.6. The third kappa shape index (κ3) is 7.85. The van der Waals surface area contributed by atoms with Gasteiger partial charge in [0.1, 0.15) is 11.6 Å². The van der Waals surface area contributed by atoms with Crippen LogP contribution in [-0.2, 0) is 16.0 Å². The van der Waals surface area contributed by atoms with E-state index in [1.54, 1.807) is 0 Å². The number of carbonyl (C=O) groups excluding carboxylic acids is 1. The van der Waals surface area contributed by atoms with Gasteiger partial charge in [-0.2, -0.15) is 0 Å². The molecule has 0 saturated carbocycles. The topological polar surface area (TPSA) is 84.6 Å². The molecule has 0 saturated heterocycles. The zero-order chi connectivity index (χ0) is 19.9. The maximum Gasteiger partial charge on any atom is 0.323 e. The van der Waals surface area contributed by atoms with Gasteiger partial charge in [-0.05, 0) is 44.6 Å². The van der Waals surface area contributed by atoms with Crippen LogP contribution in [0, 0.1) is 11.8 Å². The molecule has 1 aromatic carbocycles. The Balaban J connectivity index is 2.67. The van der Waals surface area contributed by atoms with Crippen LogP contribution in [0.3, 0.4) is 0 Å². The molecule has 0 spiro atoms. The molecule has 0 aliphatic carbocycles. The average Bonchev–Trinajstić information content (AvgIpc) is 2.53.